The first-order valence-corrected chi connectivity index (χ1v) is 6.23. The van der Waals surface area contributed by atoms with Crippen molar-refractivity contribution < 1.29 is 4.79 Å². The lowest BCUT2D eigenvalue weighted by Gasteiger charge is -2.33. The minimum absolute atomic E-state index is 0.209. The van der Waals surface area contributed by atoms with Crippen LogP contribution in [0.1, 0.15) is 12.0 Å². The summed E-state index contributed by atoms with van der Waals surface area (Å²) in [4.78, 5) is 18.3. The lowest BCUT2D eigenvalue weighted by Crippen LogP contribution is -2.44. The van der Waals surface area contributed by atoms with Crippen LogP contribution in [0.25, 0.3) is 0 Å². The third-order valence-corrected chi connectivity index (χ3v) is 3.83. The van der Waals surface area contributed by atoms with Crippen molar-refractivity contribution in [2.45, 2.75) is 13.0 Å². The van der Waals surface area contributed by atoms with Crippen LogP contribution in [-0.4, -0.2) is 35.4 Å². The smallest absolute Gasteiger partial charge is 0.227 e. The Kier molecular flexibility index (Phi) is 2.81. The number of pyridine rings is 1. The molecule has 2 fully saturated rings. The predicted molar refractivity (Wildman–Crippen MR) is 64.1 cm³/mol. The largest absolute Gasteiger partial charge is 0.338 e. The van der Waals surface area contributed by atoms with Crippen molar-refractivity contribution in [1.82, 2.24) is 15.2 Å². The summed E-state index contributed by atoms with van der Waals surface area (Å²) in [6, 6.07) is 3.95. The number of piperidine rings is 1. The highest BCUT2D eigenvalue weighted by atomic mass is 16.2. The summed E-state index contributed by atoms with van der Waals surface area (Å²) in [5.74, 6) is 1.09. The summed E-state index contributed by atoms with van der Waals surface area (Å²) < 4.78 is 0. The number of aromatic nitrogens is 1. The number of fused-ring (bicyclic) bond motifs is 1. The summed E-state index contributed by atoms with van der Waals surface area (Å²) in [6.45, 7) is 3.46. The quantitative estimate of drug-likeness (QED) is 0.813. The van der Waals surface area contributed by atoms with E-state index in [1.807, 2.05) is 23.2 Å². The molecule has 1 aromatic rings. The highest BCUT2D eigenvalue weighted by Gasteiger charge is 2.39. The highest BCUT2D eigenvalue weighted by molar-refractivity contribution is 5.80. The van der Waals surface area contributed by atoms with Gasteiger partial charge in [0.2, 0.25) is 5.91 Å². The molecule has 0 aliphatic carbocycles. The molecule has 3 heterocycles. The van der Waals surface area contributed by atoms with Crippen molar-refractivity contribution in [3.63, 3.8) is 0 Å². The van der Waals surface area contributed by atoms with Crippen molar-refractivity contribution in [2.75, 3.05) is 19.6 Å². The monoisotopic (exact) mass is 231 g/mol. The van der Waals surface area contributed by atoms with E-state index in [9.17, 15) is 4.79 Å². The van der Waals surface area contributed by atoms with Crippen molar-refractivity contribution in [3.8, 4) is 0 Å². The van der Waals surface area contributed by atoms with E-state index >= 15 is 0 Å². The molecule has 2 aliphatic heterocycles. The Hall–Kier alpha value is -1.42. The Morgan fingerprint density at radius 2 is 2.41 bits per heavy atom. The maximum Gasteiger partial charge on any atom is 0.227 e. The van der Waals surface area contributed by atoms with E-state index in [2.05, 4.69) is 10.3 Å². The molecular weight excluding hydrogens is 214 g/mol. The van der Waals surface area contributed by atoms with Gasteiger partial charge in [-0.15, -0.1) is 0 Å². The Morgan fingerprint density at radius 3 is 3.24 bits per heavy atom. The van der Waals surface area contributed by atoms with E-state index in [-0.39, 0.29) is 5.92 Å². The normalized spacial score (nSPS) is 28.2. The Bertz CT molecular complexity index is 406. The van der Waals surface area contributed by atoms with E-state index in [1.54, 1.807) is 6.20 Å². The fourth-order valence-electron chi connectivity index (χ4n) is 2.86. The van der Waals surface area contributed by atoms with Crippen LogP contribution in [0, 0.1) is 11.8 Å². The number of carbonyl (C=O) groups is 1. The van der Waals surface area contributed by atoms with Gasteiger partial charge < -0.3 is 10.2 Å². The first-order valence-electron chi connectivity index (χ1n) is 6.23. The average Bonchev–Trinajstić information content (AvgIpc) is 2.83. The van der Waals surface area contributed by atoms with E-state index in [0.717, 1.165) is 31.6 Å². The molecule has 1 aromatic heterocycles. The van der Waals surface area contributed by atoms with Crippen molar-refractivity contribution in [3.05, 3.63) is 30.1 Å². The van der Waals surface area contributed by atoms with Crippen LogP contribution >= 0.6 is 0 Å². The third kappa shape index (κ3) is 2.05. The van der Waals surface area contributed by atoms with Gasteiger partial charge in [-0.05, 0) is 30.5 Å². The van der Waals surface area contributed by atoms with Gasteiger partial charge in [-0.25, -0.2) is 0 Å². The molecule has 1 amide bonds. The van der Waals surface area contributed by atoms with Crippen molar-refractivity contribution >= 4 is 5.91 Å². The number of carbonyl (C=O) groups excluding carboxylic acids is 1. The Morgan fingerprint density at radius 1 is 1.47 bits per heavy atom. The number of hydrogen-bond acceptors (Lipinski definition) is 3. The van der Waals surface area contributed by atoms with E-state index in [1.165, 1.54) is 0 Å². The molecule has 17 heavy (non-hydrogen) atoms. The molecule has 2 atom stereocenters. The van der Waals surface area contributed by atoms with Gasteiger partial charge in [0.1, 0.15) is 0 Å². The van der Waals surface area contributed by atoms with E-state index < -0.39 is 0 Å². The van der Waals surface area contributed by atoms with E-state index in [4.69, 9.17) is 0 Å². The summed E-state index contributed by atoms with van der Waals surface area (Å²) in [5.41, 5.74) is 1.12. The lowest BCUT2D eigenvalue weighted by molar-refractivity contribution is -0.140. The maximum absolute atomic E-state index is 12.3. The maximum atomic E-state index is 12.3. The number of amides is 1. The molecule has 0 radical (unpaired) electrons. The molecule has 2 unspecified atom stereocenters. The fraction of sp³-hybridized carbons (Fsp3) is 0.538. The molecular formula is C13H17N3O. The SMILES string of the molecule is O=C1C2CNCC2CCN1Cc1cccnc1. The predicted octanol–water partition coefficient (Wildman–Crippen LogP) is 0.649. The van der Waals surface area contributed by atoms with Crippen LogP contribution in [0.2, 0.25) is 0 Å². The zero-order chi connectivity index (χ0) is 11.7. The molecule has 4 heteroatoms. The second-order valence-electron chi connectivity index (χ2n) is 4.93. The zero-order valence-corrected chi connectivity index (χ0v) is 9.80. The van der Waals surface area contributed by atoms with Crippen molar-refractivity contribution in [2.24, 2.45) is 11.8 Å². The topological polar surface area (TPSA) is 45.2 Å². The Labute approximate surface area is 101 Å². The minimum atomic E-state index is 0.209. The van der Waals surface area contributed by atoms with Gasteiger partial charge >= 0.3 is 0 Å². The standard InChI is InChI=1S/C13H17N3O/c17-13-12-8-15-7-11(12)3-5-16(13)9-10-2-1-4-14-6-10/h1-2,4,6,11-12,15H,3,5,7-9H2. The third-order valence-electron chi connectivity index (χ3n) is 3.83. The van der Waals surface area contributed by atoms with Crippen molar-refractivity contribution in [1.29, 1.82) is 0 Å². The molecule has 2 saturated heterocycles. The molecule has 0 aromatic carbocycles. The first kappa shape index (κ1) is 10.7. The summed E-state index contributed by atoms with van der Waals surface area (Å²) in [5, 5.41) is 3.32. The van der Waals surface area contributed by atoms with E-state index in [0.29, 0.717) is 18.4 Å². The lowest BCUT2D eigenvalue weighted by atomic mass is 9.88. The number of rotatable bonds is 2. The highest BCUT2D eigenvalue weighted by Crippen LogP contribution is 2.28. The molecule has 2 aliphatic rings. The molecule has 1 N–H and O–H groups in total. The zero-order valence-electron chi connectivity index (χ0n) is 9.80. The molecule has 0 bridgehead atoms. The van der Waals surface area contributed by atoms with Crippen LogP contribution in [0.3, 0.4) is 0 Å². The molecule has 90 valence electrons. The number of likely N-dealkylation sites (tertiary alicyclic amines) is 1. The Balaban J connectivity index is 1.70. The van der Waals surface area contributed by atoms with Gasteiger partial charge in [0.05, 0.1) is 5.92 Å². The first-order chi connectivity index (χ1) is 8.34. The van der Waals surface area contributed by atoms with Crippen LogP contribution < -0.4 is 5.32 Å². The van der Waals surface area contributed by atoms with Crippen LogP contribution in [0.5, 0.6) is 0 Å². The molecule has 0 saturated carbocycles. The average molecular weight is 231 g/mol. The number of hydrogen-bond donors (Lipinski definition) is 1. The van der Waals surface area contributed by atoms with Gasteiger partial charge in [0.15, 0.2) is 0 Å². The van der Waals surface area contributed by atoms with Crippen LogP contribution in [0.15, 0.2) is 24.5 Å². The van der Waals surface area contributed by atoms with Gasteiger partial charge in [-0.3, -0.25) is 9.78 Å². The second-order valence-corrected chi connectivity index (χ2v) is 4.93. The molecule has 0 spiro atoms. The minimum Gasteiger partial charge on any atom is -0.338 e. The van der Waals surface area contributed by atoms with Crippen LogP contribution in [-0.2, 0) is 11.3 Å². The second kappa shape index (κ2) is 4.45. The summed E-state index contributed by atoms with van der Waals surface area (Å²) in [6.07, 6.45) is 4.73. The van der Waals surface area contributed by atoms with Gasteiger partial charge in [0.25, 0.3) is 0 Å². The molecule has 3 rings (SSSR count). The number of nitrogens with zero attached hydrogens (tertiary/aromatic N) is 2. The van der Waals surface area contributed by atoms with Gasteiger partial charge in [-0.2, -0.15) is 0 Å². The summed E-state index contributed by atoms with van der Waals surface area (Å²) in [7, 11) is 0. The summed E-state index contributed by atoms with van der Waals surface area (Å²) >= 11 is 0. The van der Waals surface area contributed by atoms with Gasteiger partial charge in [-0.1, -0.05) is 6.07 Å². The molecule has 4 nitrogen and oxygen atoms in total. The number of nitrogens with one attached hydrogen (secondary N) is 1. The van der Waals surface area contributed by atoms with Crippen LogP contribution in [0.4, 0.5) is 0 Å². The fourth-order valence-corrected chi connectivity index (χ4v) is 2.86. The van der Waals surface area contributed by atoms with Gasteiger partial charge in [0, 0.05) is 32.0 Å².